The second kappa shape index (κ2) is 3.53. The lowest BCUT2D eigenvalue weighted by atomic mass is 11.1. The Bertz CT molecular complexity index is 177. The SMILES string of the molecule is Clc1ncnc(Cl)n1.F. The zero-order valence-electron chi connectivity index (χ0n) is 4.08. The number of hydrogen-bond acceptors (Lipinski definition) is 3. The smallest absolute Gasteiger partial charge is 0.226 e. The first-order valence-corrected chi connectivity index (χ1v) is 2.54. The third-order valence-corrected chi connectivity index (χ3v) is 0.877. The molecule has 0 spiro atoms. The van der Waals surface area contributed by atoms with Gasteiger partial charge in [-0.1, -0.05) is 0 Å². The van der Waals surface area contributed by atoms with Crippen molar-refractivity contribution in [3.8, 4) is 0 Å². The van der Waals surface area contributed by atoms with Crippen LogP contribution < -0.4 is 0 Å². The van der Waals surface area contributed by atoms with Crippen LogP contribution in [0.4, 0.5) is 4.70 Å². The number of rotatable bonds is 0. The van der Waals surface area contributed by atoms with E-state index < -0.39 is 0 Å². The van der Waals surface area contributed by atoms with E-state index in [2.05, 4.69) is 15.0 Å². The number of hydrogen-bond donors (Lipinski definition) is 0. The van der Waals surface area contributed by atoms with Crippen molar-refractivity contribution < 1.29 is 4.70 Å². The second-order valence-electron chi connectivity index (χ2n) is 1.02. The molecule has 1 aromatic rings. The van der Waals surface area contributed by atoms with Crippen LogP contribution in [0.15, 0.2) is 6.33 Å². The van der Waals surface area contributed by atoms with Gasteiger partial charge in [-0.2, -0.15) is 4.98 Å². The molecule has 1 aromatic heterocycles. The summed E-state index contributed by atoms with van der Waals surface area (Å²) in [5.41, 5.74) is 0. The van der Waals surface area contributed by atoms with Gasteiger partial charge in [0.1, 0.15) is 6.33 Å². The Morgan fingerprint density at radius 2 is 1.56 bits per heavy atom. The van der Waals surface area contributed by atoms with Crippen LogP contribution in [0.3, 0.4) is 0 Å². The largest absolute Gasteiger partial charge is 0.269 e. The van der Waals surface area contributed by atoms with Crippen LogP contribution in [-0.2, 0) is 0 Å². The second-order valence-corrected chi connectivity index (χ2v) is 1.70. The summed E-state index contributed by atoms with van der Waals surface area (Å²) < 4.78 is 0. The molecule has 0 aliphatic carbocycles. The highest BCUT2D eigenvalue weighted by Crippen LogP contribution is 2.00. The van der Waals surface area contributed by atoms with Crippen molar-refractivity contribution in [1.82, 2.24) is 15.0 Å². The van der Waals surface area contributed by atoms with E-state index in [4.69, 9.17) is 23.2 Å². The fraction of sp³-hybridized carbons (Fsp3) is 0. The summed E-state index contributed by atoms with van der Waals surface area (Å²) in [6.45, 7) is 0. The molecular formula is C3H2Cl2FN3. The Morgan fingerprint density at radius 1 is 1.11 bits per heavy atom. The minimum atomic E-state index is 0. The molecule has 1 rings (SSSR count). The van der Waals surface area contributed by atoms with Gasteiger partial charge in [0.2, 0.25) is 10.6 Å². The molecule has 0 aromatic carbocycles. The topological polar surface area (TPSA) is 38.7 Å². The Balaban J connectivity index is 0.000000640. The molecule has 0 radical (unpaired) electrons. The van der Waals surface area contributed by atoms with E-state index in [0.29, 0.717) is 0 Å². The Morgan fingerprint density at radius 3 is 1.78 bits per heavy atom. The lowest BCUT2D eigenvalue weighted by Gasteiger charge is -1.84. The van der Waals surface area contributed by atoms with E-state index in [-0.39, 0.29) is 15.3 Å². The molecule has 3 nitrogen and oxygen atoms in total. The monoisotopic (exact) mass is 169 g/mol. The predicted molar refractivity (Wildman–Crippen MR) is 32.4 cm³/mol. The van der Waals surface area contributed by atoms with Gasteiger partial charge in [0, 0.05) is 0 Å². The van der Waals surface area contributed by atoms with Gasteiger partial charge in [0.05, 0.1) is 0 Å². The van der Waals surface area contributed by atoms with Crippen molar-refractivity contribution in [2.75, 3.05) is 0 Å². The molecule has 1 heterocycles. The van der Waals surface area contributed by atoms with Gasteiger partial charge in [-0.15, -0.1) is 0 Å². The molecule has 0 N–H and O–H groups in total. The quantitative estimate of drug-likeness (QED) is 0.589. The Hall–Kier alpha value is -0.480. The zero-order chi connectivity index (χ0) is 5.98. The highest BCUT2D eigenvalue weighted by Gasteiger charge is 1.89. The van der Waals surface area contributed by atoms with Crippen molar-refractivity contribution in [2.24, 2.45) is 0 Å². The van der Waals surface area contributed by atoms with E-state index in [9.17, 15) is 0 Å². The van der Waals surface area contributed by atoms with Gasteiger partial charge in [-0.25, -0.2) is 9.97 Å². The molecule has 0 saturated heterocycles. The summed E-state index contributed by atoms with van der Waals surface area (Å²) >= 11 is 10.6. The van der Waals surface area contributed by atoms with E-state index in [1.807, 2.05) is 0 Å². The predicted octanol–water partition coefficient (Wildman–Crippen LogP) is 1.33. The van der Waals surface area contributed by atoms with Crippen LogP contribution >= 0.6 is 23.2 Å². The van der Waals surface area contributed by atoms with Crippen LogP contribution in [0.5, 0.6) is 0 Å². The first-order valence-electron chi connectivity index (χ1n) is 1.79. The zero-order valence-corrected chi connectivity index (χ0v) is 5.60. The maximum atomic E-state index is 5.30. The summed E-state index contributed by atoms with van der Waals surface area (Å²) in [7, 11) is 0. The van der Waals surface area contributed by atoms with E-state index in [1.54, 1.807) is 0 Å². The minimum Gasteiger partial charge on any atom is -0.269 e. The number of halogens is 3. The summed E-state index contributed by atoms with van der Waals surface area (Å²) in [5.74, 6) is 0. The van der Waals surface area contributed by atoms with Crippen LogP contribution in [0.1, 0.15) is 0 Å². The van der Waals surface area contributed by atoms with E-state index >= 15 is 0 Å². The number of nitrogens with zero attached hydrogens (tertiary/aromatic N) is 3. The molecule has 0 unspecified atom stereocenters. The molecule has 50 valence electrons. The third-order valence-electron chi connectivity index (χ3n) is 0.513. The fourth-order valence-electron chi connectivity index (χ4n) is 0.258. The van der Waals surface area contributed by atoms with E-state index in [1.165, 1.54) is 6.33 Å². The molecular weight excluding hydrogens is 168 g/mol. The molecule has 0 saturated carbocycles. The first-order chi connectivity index (χ1) is 3.79. The Kier molecular flexibility index (Phi) is 3.34. The lowest BCUT2D eigenvalue weighted by Crippen LogP contribution is -1.83. The summed E-state index contributed by atoms with van der Waals surface area (Å²) in [6, 6.07) is 0. The van der Waals surface area contributed by atoms with Crippen molar-refractivity contribution in [3.05, 3.63) is 16.9 Å². The molecule has 0 aliphatic rings. The fourth-order valence-corrected chi connectivity index (χ4v) is 0.549. The molecule has 0 fully saturated rings. The highest BCUT2D eigenvalue weighted by molar-refractivity contribution is 6.30. The lowest BCUT2D eigenvalue weighted by molar-refractivity contribution is 1.05. The average molecular weight is 170 g/mol. The summed E-state index contributed by atoms with van der Waals surface area (Å²) in [4.78, 5) is 10.5. The van der Waals surface area contributed by atoms with Crippen LogP contribution in [0, 0.1) is 0 Å². The molecule has 6 heteroatoms. The van der Waals surface area contributed by atoms with E-state index in [0.717, 1.165) is 0 Å². The van der Waals surface area contributed by atoms with Gasteiger partial charge in [-0.05, 0) is 23.2 Å². The van der Waals surface area contributed by atoms with Gasteiger partial charge >= 0.3 is 0 Å². The molecule has 0 bridgehead atoms. The molecule has 0 aliphatic heterocycles. The van der Waals surface area contributed by atoms with Crippen molar-refractivity contribution >= 4 is 23.2 Å². The Labute approximate surface area is 60.4 Å². The molecule has 0 atom stereocenters. The van der Waals surface area contributed by atoms with Crippen LogP contribution in [0.25, 0.3) is 0 Å². The summed E-state index contributed by atoms with van der Waals surface area (Å²) in [6.07, 6.45) is 1.25. The van der Waals surface area contributed by atoms with Gasteiger partial charge in [0.25, 0.3) is 0 Å². The van der Waals surface area contributed by atoms with Crippen LogP contribution in [-0.4, -0.2) is 15.0 Å². The molecule has 0 amide bonds. The normalized spacial score (nSPS) is 8.22. The van der Waals surface area contributed by atoms with Crippen molar-refractivity contribution in [1.29, 1.82) is 0 Å². The highest BCUT2D eigenvalue weighted by atomic mass is 35.5. The summed E-state index contributed by atoms with van der Waals surface area (Å²) in [5, 5.41) is 0.231. The van der Waals surface area contributed by atoms with Crippen molar-refractivity contribution in [3.63, 3.8) is 0 Å². The van der Waals surface area contributed by atoms with Gasteiger partial charge < -0.3 is 0 Å². The standard InChI is InChI=1S/C3HCl2N3.FH/c4-2-6-1-7-3(5)8-2;/h1H;1H. The first kappa shape index (κ1) is 8.52. The van der Waals surface area contributed by atoms with Crippen molar-refractivity contribution in [2.45, 2.75) is 0 Å². The van der Waals surface area contributed by atoms with Crippen LogP contribution in [0.2, 0.25) is 10.6 Å². The number of aromatic nitrogens is 3. The van der Waals surface area contributed by atoms with Gasteiger partial charge in [-0.3, -0.25) is 4.70 Å². The molecule has 9 heavy (non-hydrogen) atoms. The minimum absolute atomic E-state index is 0. The third kappa shape index (κ3) is 2.53. The maximum Gasteiger partial charge on any atom is 0.226 e. The average Bonchev–Trinajstić information content (AvgIpc) is 1.64. The maximum absolute atomic E-state index is 5.30. The van der Waals surface area contributed by atoms with Gasteiger partial charge in [0.15, 0.2) is 0 Å².